The number of hydrogen-bond acceptors (Lipinski definition) is 5. The van der Waals surface area contributed by atoms with Gasteiger partial charge in [-0.25, -0.2) is 0 Å². The van der Waals surface area contributed by atoms with Crippen molar-refractivity contribution in [3.8, 4) is 11.4 Å². The average Bonchev–Trinajstić information content (AvgIpc) is 3.14. The number of halogens is 6. The Morgan fingerprint density at radius 1 is 1.06 bits per heavy atom. The van der Waals surface area contributed by atoms with Crippen LogP contribution in [-0.2, 0) is 23.7 Å². The quantitative estimate of drug-likeness (QED) is 0.395. The Kier molecular flexibility index (Phi) is 6.77. The molecule has 1 N–H and O–H groups in total. The van der Waals surface area contributed by atoms with Crippen LogP contribution in [0.3, 0.4) is 0 Å². The summed E-state index contributed by atoms with van der Waals surface area (Å²) in [7, 11) is 0. The number of rotatable bonds is 6. The molecule has 3 rings (SSSR count). The van der Waals surface area contributed by atoms with Crippen LogP contribution in [0.4, 0.5) is 32.0 Å². The first-order chi connectivity index (χ1) is 15.0. The van der Waals surface area contributed by atoms with Crippen molar-refractivity contribution in [3.05, 3.63) is 53.9 Å². The summed E-state index contributed by atoms with van der Waals surface area (Å²) in [5.74, 6) is -0.588. The normalized spacial score (nSPS) is 12.1. The summed E-state index contributed by atoms with van der Waals surface area (Å²) in [4.78, 5) is 16.2. The second-order valence-corrected chi connectivity index (χ2v) is 7.37. The summed E-state index contributed by atoms with van der Waals surface area (Å²) < 4.78 is 79.5. The number of alkyl halides is 6. The van der Waals surface area contributed by atoms with Crippen molar-refractivity contribution >= 4 is 23.4 Å². The molecule has 2 aromatic heterocycles. The Hall–Kier alpha value is -3.09. The molecule has 32 heavy (non-hydrogen) atoms. The molecule has 0 saturated heterocycles. The van der Waals surface area contributed by atoms with Gasteiger partial charge in [0.05, 0.1) is 16.9 Å². The molecule has 0 saturated carbocycles. The molecular weight excluding hydrogens is 460 g/mol. The number of thioether (sulfide) groups is 1. The highest BCUT2D eigenvalue weighted by atomic mass is 32.2. The fourth-order valence-corrected chi connectivity index (χ4v) is 3.55. The maximum atomic E-state index is 13.0. The van der Waals surface area contributed by atoms with E-state index in [0.29, 0.717) is 35.2 Å². The lowest BCUT2D eigenvalue weighted by molar-refractivity contribution is -0.143. The molecular formula is C19H15F6N5OS. The van der Waals surface area contributed by atoms with Gasteiger partial charge in [-0.3, -0.25) is 9.78 Å². The summed E-state index contributed by atoms with van der Waals surface area (Å²) in [6.45, 7) is 2.29. The fourth-order valence-electron chi connectivity index (χ4n) is 2.74. The van der Waals surface area contributed by atoms with Crippen molar-refractivity contribution < 1.29 is 31.1 Å². The van der Waals surface area contributed by atoms with Crippen LogP contribution < -0.4 is 5.32 Å². The van der Waals surface area contributed by atoms with Gasteiger partial charge in [0.1, 0.15) is 0 Å². The predicted molar refractivity (Wildman–Crippen MR) is 105 cm³/mol. The van der Waals surface area contributed by atoms with Gasteiger partial charge in [-0.05, 0) is 37.3 Å². The number of nitrogens with zero attached hydrogens (tertiary/aromatic N) is 4. The third kappa shape index (κ3) is 5.58. The van der Waals surface area contributed by atoms with E-state index in [1.54, 1.807) is 29.1 Å². The smallest absolute Gasteiger partial charge is 0.325 e. The van der Waals surface area contributed by atoms with E-state index in [1.165, 1.54) is 0 Å². The molecule has 6 nitrogen and oxygen atoms in total. The Bertz CT molecular complexity index is 1070. The zero-order chi connectivity index (χ0) is 23.5. The molecule has 170 valence electrons. The lowest BCUT2D eigenvalue weighted by Crippen LogP contribution is -2.17. The Labute approximate surface area is 182 Å². The van der Waals surface area contributed by atoms with Crippen molar-refractivity contribution in [1.82, 2.24) is 19.7 Å². The molecule has 0 aliphatic rings. The second kappa shape index (κ2) is 9.18. The average molecular weight is 475 g/mol. The van der Waals surface area contributed by atoms with Crippen molar-refractivity contribution in [2.24, 2.45) is 0 Å². The van der Waals surface area contributed by atoms with Gasteiger partial charge in [0.2, 0.25) is 5.91 Å². The molecule has 13 heteroatoms. The first kappa shape index (κ1) is 23.6. The lowest BCUT2D eigenvalue weighted by Gasteiger charge is -2.14. The number of pyridine rings is 1. The number of benzene rings is 1. The van der Waals surface area contributed by atoms with Crippen LogP contribution in [0.15, 0.2) is 47.9 Å². The molecule has 0 radical (unpaired) electrons. The van der Waals surface area contributed by atoms with Gasteiger partial charge >= 0.3 is 12.4 Å². The van der Waals surface area contributed by atoms with Crippen LogP contribution in [0.1, 0.15) is 18.1 Å². The van der Waals surface area contributed by atoms with Gasteiger partial charge in [-0.1, -0.05) is 11.8 Å². The zero-order valence-corrected chi connectivity index (χ0v) is 17.1. The molecule has 0 fully saturated rings. The van der Waals surface area contributed by atoms with Gasteiger partial charge in [-0.2, -0.15) is 26.3 Å². The number of nitrogens with one attached hydrogen (secondary N) is 1. The molecule has 1 amide bonds. The van der Waals surface area contributed by atoms with Crippen LogP contribution in [0.2, 0.25) is 0 Å². The maximum Gasteiger partial charge on any atom is 0.416 e. The van der Waals surface area contributed by atoms with E-state index in [-0.39, 0.29) is 11.8 Å². The zero-order valence-electron chi connectivity index (χ0n) is 16.3. The highest BCUT2D eigenvalue weighted by Gasteiger charge is 2.37. The van der Waals surface area contributed by atoms with Crippen LogP contribution in [0.25, 0.3) is 11.4 Å². The largest absolute Gasteiger partial charge is 0.416 e. The Morgan fingerprint density at radius 2 is 1.72 bits per heavy atom. The van der Waals surface area contributed by atoms with Gasteiger partial charge in [-0.15, -0.1) is 10.2 Å². The summed E-state index contributed by atoms with van der Waals surface area (Å²) in [6.07, 6.45) is -6.83. The molecule has 3 aromatic rings. The minimum atomic E-state index is -5.00. The number of hydrogen-bond donors (Lipinski definition) is 1. The van der Waals surface area contributed by atoms with E-state index in [9.17, 15) is 31.1 Å². The van der Waals surface area contributed by atoms with Gasteiger partial charge in [0.25, 0.3) is 0 Å². The number of anilines is 1. The molecule has 0 spiro atoms. The monoisotopic (exact) mass is 475 g/mol. The first-order valence-corrected chi connectivity index (χ1v) is 10.0. The first-order valence-electron chi connectivity index (χ1n) is 9.04. The SMILES string of the molecule is CCn1c(SCC(=O)Nc2cc(C(F)(F)F)cc(C(F)(F)F)c2)nnc1-c1cccnc1. The van der Waals surface area contributed by atoms with Crippen molar-refractivity contribution in [3.63, 3.8) is 0 Å². The van der Waals surface area contributed by atoms with E-state index in [0.717, 1.165) is 11.8 Å². The van der Waals surface area contributed by atoms with Crippen molar-refractivity contribution in [2.45, 2.75) is 31.0 Å². The number of amides is 1. The van der Waals surface area contributed by atoms with Crippen LogP contribution in [0.5, 0.6) is 0 Å². The molecule has 0 aliphatic heterocycles. The molecule has 1 aromatic carbocycles. The number of carbonyl (C=O) groups excluding carboxylic acids is 1. The molecule has 0 aliphatic carbocycles. The minimum Gasteiger partial charge on any atom is -0.325 e. The van der Waals surface area contributed by atoms with Crippen LogP contribution in [0, 0.1) is 0 Å². The third-order valence-corrected chi connectivity index (χ3v) is 5.12. The summed E-state index contributed by atoms with van der Waals surface area (Å²) in [6, 6.07) is 4.39. The van der Waals surface area contributed by atoms with Crippen LogP contribution >= 0.6 is 11.8 Å². The van der Waals surface area contributed by atoms with Crippen molar-refractivity contribution in [1.29, 1.82) is 0 Å². The fraction of sp³-hybridized carbons (Fsp3) is 0.263. The Morgan fingerprint density at radius 3 is 2.25 bits per heavy atom. The molecule has 0 atom stereocenters. The highest BCUT2D eigenvalue weighted by molar-refractivity contribution is 7.99. The van der Waals surface area contributed by atoms with E-state index in [2.05, 4.69) is 20.5 Å². The maximum absolute atomic E-state index is 13.0. The highest BCUT2D eigenvalue weighted by Crippen LogP contribution is 2.37. The number of aromatic nitrogens is 4. The van der Waals surface area contributed by atoms with E-state index < -0.39 is 35.1 Å². The molecule has 2 heterocycles. The number of carbonyl (C=O) groups is 1. The lowest BCUT2D eigenvalue weighted by atomic mass is 10.1. The Balaban J connectivity index is 1.75. The predicted octanol–water partition coefficient (Wildman–Crippen LogP) is 5.13. The standard InChI is InChI=1S/C19H15F6N5OS/c1-2-30-16(11-4-3-5-26-9-11)28-29-17(30)32-10-15(31)27-14-7-12(18(20,21)22)6-13(8-14)19(23,24)25/h3-9H,2,10H2,1H3,(H,27,31). The summed E-state index contributed by atoms with van der Waals surface area (Å²) in [5.41, 5.74) is -2.93. The summed E-state index contributed by atoms with van der Waals surface area (Å²) >= 11 is 0.946. The van der Waals surface area contributed by atoms with Gasteiger partial charge < -0.3 is 9.88 Å². The van der Waals surface area contributed by atoms with Gasteiger partial charge in [0.15, 0.2) is 11.0 Å². The van der Waals surface area contributed by atoms with Crippen LogP contribution in [-0.4, -0.2) is 31.4 Å². The molecule has 0 unspecified atom stereocenters. The van der Waals surface area contributed by atoms with E-state index in [1.807, 2.05) is 6.92 Å². The van der Waals surface area contributed by atoms with E-state index in [4.69, 9.17) is 0 Å². The molecule has 0 bridgehead atoms. The minimum absolute atomic E-state index is 0.00586. The summed E-state index contributed by atoms with van der Waals surface area (Å²) in [5, 5.41) is 10.5. The van der Waals surface area contributed by atoms with E-state index >= 15 is 0 Å². The van der Waals surface area contributed by atoms with Crippen molar-refractivity contribution in [2.75, 3.05) is 11.1 Å². The third-order valence-electron chi connectivity index (χ3n) is 4.16. The second-order valence-electron chi connectivity index (χ2n) is 6.42. The topological polar surface area (TPSA) is 72.7 Å². The van der Waals surface area contributed by atoms with Gasteiger partial charge in [0, 0.05) is 30.2 Å².